The van der Waals surface area contributed by atoms with E-state index < -0.39 is 15.7 Å². The number of pyridine rings is 1. The topological polar surface area (TPSA) is 76.1 Å². The van der Waals surface area contributed by atoms with Gasteiger partial charge in [-0.1, -0.05) is 25.1 Å². The first-order valence-corrected chi connectivity index (χ1v) is 8.68. The smallest absolute Gasteiger partial charge is 0.252 e. The van der Waals surface area contributed by atoms with E-state index in [1.165, 1.54) is 12.1 Å². The summed E-state index contributed by atoms with van der Waals surface area (Å²) in [5, 5.41) is 2.73. The van der Waals surface area contributed by atoms with Gasteiger partial charge in [-0.2, -0.15) is 0 Å². The molecule has 116 valence electrons. The van der Waals surface area contributed by atoms with Crippen LogP contribution in [0.3, 0.4) is 0 Å². The van der Waals surface area contributed by atoms with Crippen molar-refractivity contribution in [1.29, 1.82) is 0 Å². The summed E-state index contributed by atoms with van der Waals surface area (Å²) in [5.41, 5.74) is 1.03. The van der Waals surface area contributed by atoms with Gasteiger partial charge in [-0.05, 0) is 30.2 Å². The molecule has 0 spiro atoms. The van der Waals surface area contributed by atoms with Gasteiger partial charge in [0.2, 0.25) is 0 Å². The highest BCUT2D eigenvalue weighted by atomic mass is 32.2. The fourth-order valence-corrected chi connectivity index (χ4v) is 3.62. The Kier molecular flexibility index (Phi) is 5.27. The van der Waals surface area contributed by atoms with Crippen LogP contribution in [0.2, 0.25) is 0 Å². The predicted octanol–water partition coefficient (Wildman–Crippen LogP) is 2.20. The summed E-state index contributed by atoms with van der Waals surface area (Å²) < 4.78 is 24.5. The highest BCUT2D eigenvalue weighted by Crippen LogP contribution is 2.18. The Bertz CT molecular complexity index is 743. The Morgan fingerprint density at radius 2 is 1.95 bits per heavy atom. The number of nitrogens with zero attached hydrogens (tertiary/aromatic N) is 1. The summed E-state index contributed by atoms with van der Waals surface area (Å²) in [6.45, 7) is 2.09. The molecular formula is C16H18N2O3S. The lowest BCUT2D eigenvalue weighted by Gasteiger charge is -2.10. The van der Waals surface area contributed by atoms with E-state index in [-0.39, 0.29) is 16.2 Å². The van der Waals surface area contributed by atoms with Crippen molar-refractivity contribution in [2.45, 2.75) is 24.8 Å². The molecule has 1 N–H and O–H groups in total. The van der Waals surface area contributed by atoms with Crippen LogP contribution in [0.25, 0.3) is 0 Å². The first-order chi connectivity index (χ1) is 10.5. The van der Waals surface area contributed by atoms with E-state index in [9.17, 15) is 13.2 Å². The van der Waals surface area contributed by atoms with Crippen LogP contribution in [0, 0.1) is 0 Å². The summed E-state index contributed by atoms with van der Waals surface area (Å²) in [7, 11) is -3.44. The van der Waals surface area contributed by atoms with Crippen LogP contribution in [0.1, 0.15) is 29.3 Å². The lowest BCUT2D eigenvalue weighted by Crippen LogP contribution is -2.25. The van der Waals surface area contributed by atoms with E-state index in [4.69, 9.17) is 0 Å². The van der Waals surface area contributed by atoms with Gasteiger partial charge in [-0.25, -0.2) is 8.42 Å². The molecule has 0 saturated carbocycles. The maximum Gasteiger partial charge on any atom is 0.252 e. The van der Waals surface area contributed by atoms with Crippen LogP contribution in [0.5, 0.6) is 0 Å². The number of rotatable bonds is 6. The maximum atomic E-state index is 12.3. The van der Waals surface area contributed by atoms with Gasteiger partial charge in [0.05, 0.1) is 16.2 Å². The zero-order chi connectivity index (χ0) is 16.0. The van der Waals surface area contributed by atoms with E-state index in [1.54, 1.807) is 37.5 Å². The molecule has 0 aliphatic carbocycles. The molecule has 1 aromatic carbocycles. The maximum absolute atomic E-state index is 12.3. The second-order valence-corrected chi connectivity index (χ2v) is 6.94. The first kappa shape index (κ1) is 16.2. The molecule has 5 nitrogen and oxygen atoms in total. The van der Waals surface area contributed by atoms with Gasteiger partial charge in [0.1, 0.15) is 0 Å². The molecule has 0 aliphatic rings. The van der Waals surface area contributed by atoms with Gasteiger partial charge in [0, 0.05) is 18.9 Å². The van der Waals surface area contributed by atoms with Crippen LogP contribution in [0.15, 0.2) is 53.7 Å². The van der Waals surface area contributed by atoms with Crippen LogP contribution in [-0.2, 0) is 16.4 Å². The van der Waals surface area contributed by atoms with Crippen LogP contribution >= 0.6 is 0 Å². The number of amides is 1. The number of hydrogen-bond acceptors (Lipinski definition) is 4. The number of aromatic nitrogens is 1. The minimum atomic E-state index is -3.44. The molecular weight excluding hydrogens is 300 g/mol. The molecule has 0 bridgehead atoms. The summed E-state index contributed by atoms with van der Waals surface area (Å²) >= 11 is 0. The third-order valence-corrected chi connectivity index (χ3v) is 5.09. The fourth-order valence-electron chi connectivity index (χ4n) is 2.08. The Balaban J connectivity index is 2.20. The molecule has 0 radical (unpaired) electrons. The lowest BCUT2D eigenvalue weighted by atomic mass is 10.2. The third-order valence-electron chi connectivity index (χ3n) is 3.12. The Hall–Kier alpha value is -2.21. The van der Waals surface area contributed by atoms with Crippen molar-refractivity contribution < 1.29 is 13.2 Å². The molecule has 0 atom stereocenters. The average Bonchev–Trinajstić information content (AvgIpc) is 2.53. The number of carbonyl (C=O) groups is 1. The number of benzene rings is 1. The monoisotopic (exact) mass is 318 g/mol. The largest absolute Gasteiger partial charge is 0.348 e. The average molecular weight is 318 g/mol. The highest BCUT2D eigenvalue weighted by Gasteiger charge is 2.21. The van der Waals surface area contributed by atoms with Gasteiger partial charge >= 0.3 is 0 Å². The van der Waals surface area contributed by atoms with Crippen LogP contribution < -0.4 is 5.32 Å². The van der Waals surface area contributed by atoms with Crippen LogP contribution in [-0.4, -0.2) is 25.1 Å². The summed E-state index contributed by atoms with van der Waals surface area (Å²) in [6, 6.07) is 9.91. The summed E-state index contributed by atoms with van der Waals surface area (Å²) in [5.74, 6) is -0.376. The van der Waals surface area contributed by atoms with E-state index in [2.05, 4.69) is 10.3 Å². The SMILES string of the molecule is CCCS(=O)(=O)c1ccccc1C(=O)NCc1cccnc1. The molecule has 0 unspecified atom stereocenters. The minimum absolute atomic E-state index is 0.0277. The molecule has 0 saturated heterocycles. The van der Waals surface area contributed by atoms with Crippen molar-refractivity contribution in [3.8, 4) is 0 Å². The minimum Gasteiger partial charge on any atom is -0.348 e. The van der Waals surface area contributed by atoms with Gasteiger partial charge in [-0.15, -0.1) is 0 Å². The zero-order valence-corrected chi connectivity index (χ0v) is 13.1. The normalized spacial score (nSPS) is 11.1. The van der Waals surface area contributed by atoms with E-state index in [0.717, 1.165) is 5.56 Å². The standard InChI is InChI=1S/C16H18N2O3S/c1-2-10-22(20,21)15-8-4-3-7-14(15)16(19)18-12-13-6-5-9-17-11-13/h3-9,11H,2,10,12H2,1H3,(H,18,19). The first-order valence-electron chi connectivity index (χ1n) is 7.03. The van der Waals surface area contributed by atoms with Crippen LogP contribution in [0.4, 0.5) is 0 Å². The molecule has 0 aliphatic heterocycles. The number of carbonyl (C=O) groups excluding carboxylic acids is 1. The molecule has 22 heavy (non-hydrogen) atoms. The molecule has 1 aromatic heterocycles. The second kappa shape index (κ2) is 7.17. The molecule has 2 aromatic rings. The van der Waals surface area contributed by atoms with E-state index >= 15 is 0 Å². The second-order valence-electron chi connectivity index (χ2n) is 4.86. The Labute approximate surface area is 130 Å². The molecule has 0 fully saturated rings. The fraction of sp³-hybridized carbons (Fsp3) is 0.250. The van der Waals surface area contributed by atoms with Crippen molar-refractivity contribution in [2.75, 3.05) is 5.75 Å². The highest BCUT2D eigenvalue weighted by molar-refractivity contribution is 7.91. The van der Waals surface area contributed by atoms with E-state index in [0.29, 0.717) is 13.0 Å². The van der Waals surface area contributed by atoms with Crippen molar-refractivity contribution in [2.24, 2.45) is 0 Å². The van der Waals surface area contributed by atoms with Gasteiger partial charge in [0.15, 0.2) is 9.84 Å². The van der Waals surface area contributed by atoms with Gasteiger partial charge < -0.3 is 5.32 Å². The van der Waals surface area contributed by atoms with E-state index in [1.807, 2.05) is 6.07 Å². The number of hydrogen-bond donors (Lipinski definition) is 1. The van der Waals surface area contributed by atoms with Crippen molar-refractivity contribution in [1.82, 2.24) is 10.3 Å². The number of nitrogens with one attached hydrogen (secondary N) is 1. The molecule has 1 heterocycles. The third kappa shape index (κ3) is 3.92. The van der Waals surface area contributed by atoms with Crippen molar-refractivity contribution >= 4 is 15.7 Å². The quantitative estimate of drug-likeness (QED) is 0.886. The zero-order valence-electron chi connectivity index (χ0n) is 12.3. The molecule has 1 amide bonds. The molecule has 6 heteroatoms. The van der Waals surface area contributed by atoms with Crippen molar-refractivity contribution in [3.05, 3.63) is 59.9 Å². The predicted molar refractivity (Wildman–Crippen MR) is 84.2 cm³/mol. The summed E-state index contributed by atoms with van der Waals surface area (Å²) in [4.78, 5) is 16.3. The van der Waals surface area contributed by atoms with Gasteiger partial charge in [0.25, 0.3) is 5.91 Å². The Morgan fingerprint density at radius 1 is 1.18 bits per heavy atom. The summed E-state index contributed by atoms with van der Waals surface area (Å²) in [6.07, 6.45) is 3.81. The molecule has 2 rings (SSSR count). The lowest BCUT2D eigenvalue weighted by molar-refractivity contribution is 0.0947. The van der Waals surface area contributed by atoms with Crippen molar-refractivity contribution in [3.63, 3.8) is 0 Å². The Morgan fingerprint density at radius 3 is 2.64 bits per heavy atom. The number of sulfone groups is 1. The van der Waals surface area contributed by atoms with Gasteiger partial charge in [-0.3, -0.25) is 9.78 Å².